The highest BCUT2D eigenvalue weighted by Crippen LogP contribution is 2.31. The summed E-state index contributed by atoms with van der Waals surface area (Å²) in [7, 11) is 1.59. The van der Waals surface area contributed by atoms with Gasteiger partial charge in [0.25, 0.3) is 5.92 Å². The summed E-state index contributed by atoms with van der Waals surface area (Å²) in [5.41, 5.74) is 0. The van der Waals surface area contributed by atoms with Gasteiger partial charge < -0.3 is 4.74 Å². The Labute approximate surface area is 77.9 Å². The molecular formula is C9H17F2NO. The normalized spacial score (nSPS) is 29.1. The number of hydrogen-bond acceptors (Lipinski definition) is 2. The number of rotatable bonds is 3. The second kappa shape index (κ2) is 4.33. The molecular weight excluding hydrogens is 176 g/mol. The molecule has 2 nitrogen and oxygen atoms in total. The van der Waals surface area contributed by atoms with Crippen LogP contribution in [0.15, 0.2) is 0 Å². The zero-order valence-electron chi connectivity index (χ0n) is 8.22. The predicted octanol–water partition coefficient (Wildman–Crippen LogP) is 1.61. The van der Waals surface area contributed by atoms with Gasteiger partial charge in [0.1, 0.15) is 0 Å². The molecule has 1 saturated heterocycles. The number of hydrogen-bond donors (Lipinski definition) is 0. The fourth-order valence-electron chi connectivity index (χ4n) is 1.53. The monoisotopic (exact) mass is 193 g/mol. The van der Waals surface area contributed by atoms with Crippen molar-refractivity contribution in [2.24, 2.45) is 5.92 Å². The van der Waals surface area contributed by atoms with E-state index in [9.17, 15) is 8.78 Å². The molecule has 0 saturated carbocycles. The first-order chi connectivity index (χ1) is 6.06. The third-order valence-corrected chi connectivity index (χ3v) is 2.65. The van der Waals surface area contributed by atoms with Crippen LogP contribution in [0.3, 0.4) is 0 Å². The SMILES string of the molecule is COCCN1CC[C@@H](C)C(F)(F)C1. The van der Waals surface area contributed by atoms with Crippen molar-refractivity contribution in [1.82, 2.24) is 4.90 Å². The molecule has 0 radical (unpaired) electrons. The Balaban J connectivity index is 2.37. The Morgan fingerprint density at radius 3 is 2.77 bits per heavy atom. The van der Waals surface area contributed by atoms with Crippen LogP contribution in [0.1, 0.15) is 13.3 Å². The summed E-state index contributed by atoms with van der Waals surface area (Å²) >= 11 is 0. The van der Waals surface area contributed by atoms with Gasteiger partial charge in [0, 0.05) is 19.6 Å². The van der Waals surface area contributed by atoms with Gasteiger partial charge in [-0.05, 0) is 13.0 Å². The van der Waals surface area contributed by atoms with Gasteiger partial charge in [0.15, 0.2) is 0 Å². The molecule has 1 aliphatic heterocycles. The number of nitrogens with zero attached hydrogens (tertiary/aromatic N) is 1. The second-order valence-corrected chi connectivity index (χ2v) is 3.72. The van der Waals surface area contributed by atoms with Crippen molar-refractivity contribution in [2.45, 2.75) is 19.3 Å². The molecule has 1 atom stereocenters. The molecule has 1 rings (SSSR count). The van der Waals surface area contributed by atoms with Crippen molar-refractivity contribution in [3.05, 3.63) is 0 Å². The maximum absolute atomic E-state index is 13.2. The second-order valence-electron chi connectivity index (χ2n) is 3.72. The van der Waals surface area contributed by atoms with Gasteiger partial charge in [-0.1, -0.05) is 6.92 Å². The molecule has 0 spiro atoms. The Bertz CT molecular complexity index is 162. The quantitative estimate of drug-likeness (QED) is 0.675. The third-order valence-electron chi connectivity index (χ3n) is 2.65. The molecule has 4 heteroatoms. The van der Waals surface area contributed by atoms with Crippen molar-refractivity contribution in [3.8, 4) is 0 Å². The Morgan fingerprint density at radius 2 is 2.23 bits per heavy atom. The molecule has 0 unspecified atom stereocenters. The van der Waals surface area contributed by atoms with E-state index < -0.39 is 11.8 Å². The smallest absolute Gasteiger partial charge is 0.263 e. The van der Waals surface area contributed by atoms with Gasteiger partial charge in [0.05, 0.1) is 13.2 Å². The molecule has 1 aliphatic rings. The zero-order chi connectivity index (χ0) is 9.90. The summed E-state index contributed by atoms with van der Waals surface area (Å²) in [5.74, 6) is -3.00. The van der Waals surface area contributed by atoms with Crippen LogP contribution in [-0.2, 0) is 4.74 Å². The van der Waals surface area contributed by atoms with Gasteiger partial charge in [-0.25, -0.2) is 8.78 Å². The zero-order valence-corrected chi connectivity index (χ0v) is 8.22. The van der Waals surface area contributed by atoms with Crippen LogP contribution in [0, 0.1) is 5.92 Å². The lowest BCUT2D eigenvalue weighted by molar-refractivity contribution is -0.106. The molecule has 1 fully saturated rings. The van der Waals surface area contributed by atoms with Gasteiger partial charge in [0.2, 0.25) is 0 Å². The molecule has 0 aromatic heterocycles. The fourth-order valence-corrected chi connectivity index (χ4v) is 1.53. The minimum atomic E-state index is -2.52. The first kappa shape index (κ1) is 10.9. The summed E-state index contributed by atoms with van der Waals surface area (Å²) in [6.07, 6.45) is 0.580. The van der Waals surface area contributed by atoms with E-state index in [2.05, 4.69) is 0 Å². The number of likely N-dealkylation sites (tertiary alicyclic amines) is 1. The average molecular weight is 193 g/mol. The van der Waals surface area contributed by atoms with Gasteiger partial charge in [-0.2, -0.15) is 0 Å². The highest BCUT2D eigenvalue weighted by molar-refractivity contribution is 4.83. The van der Waals surface area contributed by atoms with Crippen molar-refractivity contribution in [1.29, 1.82) is 0 Å². The van der Waals surface area contributed by atoms with E-state index in [1.165, 1.54) is 0 Å². The molecule has 0 aromatic rings. The predicted molar refractivity (Wildman–Crippen MR) is 47.0 cm³/mol. The van der Waals surface area contributed by atoms with Gasteiger partial charge in [-0.3, -0.25) is 4.90 Å². The summed E-state index contributed by atoms with van der Waals surface area (Å²) in [4.78, 5) is 1.77. The van der Waals surface area contributed by atoms with Gasteiger partial charge in [-0.15, -0.1) is 0 Å². The van der Waals surface area contributed by atoms with Crippen LogP contribution in [0.5, 0.6) is 0 Å². The van der Waals surface area contributed by atoms with Crippen molar-refractivity contribution < 1.29 is 13.5 Å². The van der Waals surface area contributed by atoms with Crippen LogP contribution in [0.2, 0.25) is 0 Å². The maximum atomic E-state index is 13.2. The number of alkyl halides is 2. The number of halogens is 2. The summed E-state index contributed by atoms with van der Waals surface area (Å²) in [5, 5.41) is 0. The highest BCUT2D eigenvalue weighted by atomic mass is 19.3. The fraction of sp³-hybridized carbons (Fsp3) is 1.00. The van der Waals surface area contributed by atoms with E-state index in [0.717, 1.165) is 6.54 Å². The number of ether oxygens (including phenoxy) is 1. The molecule has 0 aliphatic carbocycles. The topological polar surface area (TPSA) is 12.5 Å². The third kappa shape index (κ3) is 2.88. The summed E-state index contributed by atoms with van der Waals surface area (Å²) in [6, 6.07) is 0. The summed E-state index contributed by atoms with van der Waals surface area (Å²) in [6.45, 7) is 3.41. The van der Waals surface area contributed by atoms with E-state index in [0.29, 0.717) is 19.6 Å². The largest absolute Gasteiger partial charge is 0.383 e. The lowest BCUT2D eigenvalue weighted by Gasteiger charge is -2.36. The first-order valence-corrected chi connectivity index (χ1v) is 4.65. The first-order valence-electron chi connectivity index (χ1n) is 4.65. The number of piperidine rings is 1. The van der Waals surface area contributed by atoms with Crippen molar-refractivity contribution in [3.63, 3.8) is 0 Å². The van der Waals surface area contributed by atoms with Crippen LogP contribution >= 0.6 is 0 Å². The lowest BCUT2D eigenvalue weighted by Crippen LogP contribution is -2.48. The van der Waals surface area contributed by atoms with Crippen LogP contribution in [0.4, 0.5) is 8.78 Å². The van der Waals surface area contributed by atoms with E-state index >= 15 is 0 Å². The summed E-state index contributed by atoms with van der Waals surface area (Å²) < 4.78 is 31.2. The minimum absolute atomic E-state index is 0.114. The van der Waals surface area contributed by atoms with Gasteiger partial charge >= 0.3 is 0 Å². The van der Waals surface area contributed by atoms with Crippen LogP contribution < -0.4 is 0 Å². The average Bonchev–Trinajstić information content (AvgIpc) is 2.07. The highest BCUT2D eigenvalue weighted by Gasteiger charge is 2.41. The van der Waals surface area contributed by atoms with E-state index in [1.807, 2.05) is 0 Å². The van der Waals surface area contributed by atoms with Crippen molar-refractivity contribution >= 4 is 0 Å². The minimum Gasteiger partial charge on any atom is -0.383 e. The molecule has 0 aromatic carbocycles. The molecule has 78 valence electrons. The molecule has 0 bridgehead atoms. The Hall–Kier alpha value is -0.220. The number of methoxy groups -OCH3 is 1. The molecule has 0 amide bonds. The molecule has 13 heavy (non-hydrogen) atoms. The van der Waals surface area contributed by atoms with E-state index in [4.69, 9.17) is 4.74 Å². The van der Waals surface area contributed by atoms with Crippen molar-refractivity contribution in [2.75, 3.05) is 33.4 Å². The maximum Gasteiger partial charge on any atom is 0.263 e. The molecule has 0 N–H and O–H groups in total. The van der Waals surface area contributed by atoms with E-state index in [-0.39, 0.29) is 6.54 Å². The van der Waals surface area contributed by atoms with Crippen LogP contribution in [-0.4, -0.2) is 44.2 Å². The lowest BCUT2D eigenvalue weighted by atomic mass is 9.95. The van der Waals surface area contributed by atoms with E-state index in [1.54, 1.807) is 18.9 Å². The van der Waals surface area contributed by atoms with Crippen LogP contribution in [0.25, 0.3) is 0 Å². The molecule has 1 heterocycles. The Morgan fingerprint density at radius 1 is 1.54 bits per heavy atom. The standard InChI is InChI=1S/C9H17F2NO/c1-8-3-4-12(5-6-13-2)7-9(8,10)11/h8H,3-7H2,1-2H3/t8-/m1/s1. The Kier molecular flexibility index (Phi) is 3.62.